The third-order valence-electron chi connectivity index (χ3n) is 4.08. The zero-order chi connectivity index (χ0) is 17.8. The Kier molecular flexibility index (Phi) is 6.60. The molecule has 1 aliphatic rings. The zero-order valence-electron chi connectivity index (χ0n) is 14.5. The van der Waals surface area contributed by atoms with Crippen LogP contribution in [0.2, 0.25) is 0 Å². The average Bonchev–Trinajstić information content (AvgIpc) is 3.46. The van der Waals surface area contributed by atoms with Crippen LogP contribution in [0.4, 0.5) is 5.69 Å². The van der Waals surface area contributed by atoms with Crippen LogP contribution in [0.25, 0.3) is 0 Å². The van der Waals surface area contributed by atoms with Crippen molar-refractivity contribution in [1.29, 1.82) is 0 Å². The third-order valence-corrected chi connectivity index (χ3v) is 4.08. The number of anilines is 1. The molecule has 1 fully saturated rings. The van der Waals surface area contributed by atoms with Crippen molar-refractivity contribution < 1.29 is 14.3 Å². The van der Waals surface area contributed by atoms with E-state index < -0.39 is 0 Å². The number of carbonyl (C=O) groups excluding carboxylic acids is 2. The van der Waals surface area contributed by atoms with Gasteiger partial charge in [0.2, 0.25) is 0 Å². The Morgan fingerprint density at radius 1 is 1.12 bits per heavy atom. The Balaban J connectivity index is 0.00000243. The highest BCUT2D eigenvalue weighted by molar-refractivity contribution is 6.09. The first-order chi connectivity index (χ1) is 12.1. The van der Waals surface area contributed by atoms with Crippen molar-refractivity contribution in [2.45, 2.75) is 25.4 Å². The largest absolute Gasteiger partial charge is 0.497 e. The summed E-state index contributed by atoms with van der Waals surface area (Å²) in [7, 11) is 1.54. The van der Waals surface area contributed by atoms with Crippen LogP contribution in [0.5, 0.6) is 5.75 Å². The topological polar surface area (TPSA) is 93.4 Å². The maximum Gasteiger partial charge on any atom is 0.255 e. The van der Waals surface area contributed by atoms with Gasteiger partial charge in [-0.3, -0.25) is 9.59 Å². The first kappa shape index (κ1) is 19.8. The number of hydrogen-bond donors (Lipinski definition) is 3. The Labute approximate surface area is 158 Å². The molecule has 0 aliphatic heterocycles. The number of benzene rings is 2. The summed E-state index contributed by atoms with van der Waals surface area (Å²) in [6, 6.07) is 12.3. The molecule has 0 spiro atoms. The summed E-state index contributed by atoms with van der Waals surface area (Å²) >= 11 is 0. The van der Waals surface area contributed by atoms with Crippen LogP contribution in [-0.4, -0.2) is 25.0 Å². The molecule has 26 heavy (non-hydrogen) atoms. The van der Waals surface area contributed by atoms with E-state index in [4.69, 9.17) is 10.5 Å². The van der Waals surface area contributed by atoms with Gasteiger partial charge in [-0.05, 0) is 48.7 Å². The Morgan fingerprint density at radius 3 is 2.38 bits per heavy atom. The summed E-state index contributed by atoms with van der Waals surface area (Å²) in [5.74, 6) is 0.0654. The number of methoxy groups -OCH3 is 1. The Hall–Kier alpha value is -2.57. The van der Waals surface area contributed by atoms with E-state index in [1.54, 1.807) is 30.3 Å². The van der Waals surface area contributed by atoms with Gasteiger partial charge >= 0.3 is 0 Å². The van der Waals surface area contributed by atoms with Crippen molar-refractivity contribution in [3.63, 3.8) is 0 Å². The van der Waals surface area contributed by atoms with Gasteiger partial charge in [0.25, 0.3) is 11.8 Å². The van der Waals surface area contributed by atoms with Gasteiger partial charge in [0.1, 0.15) is 5.75 Å². The lowest BCUT2D eigenvalue weighted by atomic mass is 10.1. The maximum atomic E-state index is 12.5. The number of amides is 2. The lowest BCUT2D eigenvalue weighted by molar-refractivity contribution is 0.0951. The molecule has 4 N–H and O–H groups in total. The lowest BCUT2D eigenvalue weighted by Gasteiger charge is -2.13. The average molecular weight is 376 g/mol. The van der Waals surface area contributed by atoms with Crippen molar-refractivity contribution in [3.8, 4) is 5.75 Å². The van der Waals surface area contributed by atoms with E-state index in [1.165, 1.54) is 7.11 Å². The Morgan fingerprint density at radius 2 is 1.81 bits per heavy atom. The van der Waals surface area contributed by atoms with Crippen molar-refractivity contribution in [1.82, 2.24) is 5.32 Å². The van der Waals surface area contributed by atoms with Gasteiger partial charge < -0.3 is 21.1 Å². The van der Waals surface area contributed by atoms with E-state index in [9.17, 15) is 9.59 Å². The zero-order valence-corrected chi connectivity index (χ0v) is 15.3. The van der Waals surface area contributed by atoms with Gasteiger partial charge in [0.05, 0.1) is 18.4 Å². The monoisotopic (exact) mass is 375 g/mol. The van der Waals surface area contributed by atoms with E-state index >= 15 is 0 Å². The lowest BCUT2D eigenvalue weighted by Crippen LogP contribution is -2.27. The predicted molar refractivity (Wildman–Crippen MR) is 103 cm³/mol. The molecule has 0 unspecified atom stereocenters. The quantitative estimate of drug-likeness (QED) is 0.723. The minimum atomic E-state index is -0.283. The van der Waals surface area contributed by atoms with Crippen LogP contribution in [0, 0.1) is 0 Å². The molecule has 7 heteroatoms. The summed E-state index contributed by atoms with van der Waals surface area (Å²) in [6.45, 7) is 0.422. The molecule has 0 radical (unpaired) electrons. The fourth-order valence-electron chi connectivity index (χ4n) is 2.42. The second kappa shape index (κ2) is 8.69. The van der Waals surface area contributed by atoms with Gasteiger partial charge in [-0.25, -0.2) is 0 Å². The second-order valence-electron chi connectivity index (χ2n) is 6.01. The summed E-state index contributed by atoms with van der Waals surface area (Å²) in [4.78, 5) is 24.9. The van der Waals surface area contributed by atoms with E-state index in [-0.39, 0.29) is 30.3 Å². The van der Waals surface area contributed by atoms with E-state index in [1.807, 2.05) is 12.1 Å². The van der Waals surface area contributed by atoms with Gasteiger partial charge in [-0.2, -0.15) is 0 Å². The molecule has 2 aromatic carbocycles. The number of rotatable bonds is 6. The molecule has 0 heterocycles. The molecular formula is C19H22ClN3O3. The molecule has 6 nitrogen and oxygen atoms in total. The summed E-state index contributed by atoms with van der Waals surface area (Å²) in [5, 5.41) is 5.73. The van der Waals surface area contributed by atoms with Gasteiger partial charge in [0, 0.05) is 18.2 Å². The fourth-order valence-corrected chi connectivity index (χ4v) is 2.42. The number of nitrogens with two attached hydrogens (primary N) is 1. The van der Waals surface area contributed by atoms with Crippen LogP contribution < -0.4 is 21.1 Å². The van der Waals surface area contributed by atoms with Gasteiger partial charge in [-0.15, -0.1) is 12.4 Å². The number of carbonyl (C=O) groups is 2. The third kappa shape index (κ3) is 4.74. The molecule has 1 saturated carbocycles. The van der Waals surface area contributed by atoms with E-state index in [0.717, 1.165) is 18.4 Å². The molecule has 3 rings (SSSR count). The van der Waals surface area contributed by atoms with Crippen molar-refractivity contribution in [2.24, 2.45) is 5.73 Å². The summed E-state index contributed by atoms with van der Waals surface area (Å²) < 4.78 is 5.19. The normalized spacial score (nSPS) is 12.7. The van der Waals surface area contributed by atoms with Crippen LogP contribution in [-0.2, 0) is 6.54 Å². The minimum absolute atomic E-state index is 0. The molecule has 0 saturated heterocycles. The van der Waals surface area contributed by atoms with Crippen LogP contribution in [0.15, 0.2) is 42.5 Å². The standard InChI is InChI=1S/C19H21N3O3.ClH/c1-25-15-8-9-17(16(10-15)19(24)21-14-6-7-14)22-18(23)13-4-2-12(11-20)3-5-13;/h2-5,8-10,14H,6-7,11,20H2,1H3,(H,21,24)(H,22,23);1H. The number of hydrogen-bond acceptors (Lipinski definition) is 4. The van der Waals surface area contributed by atoms with E-state index in [0.29, 0.717) is 29.1 Å². The van der Waals surface area contributed by atoms with Crippen molar-refractivity contribution >= 4 is 29.9 Å². The molecule has 2 aromatic rings. The fraction of sp³-hybridized carbons (Fsp3) is 0.263. The van der Waals surface area contributed by atoms with Crippen LogP contribution in [0.1, 0.15) is 39.1 Å². The number of nitrogens with one attached hydrogen (secondary N) is 2. The first-order valence-electron chi connectivity index (χ1n) is 8.20. The highest BCUT2D eigenvalue weighted by Crippen LogP contribution is 2.25. The highest BCUT2D eigenvalue weighted by Gasteiger charge is 2.25. The van der Waals surface area contributed by atoms with Gasteiger partial charge in [0.15, 0.2) is 0 Å². The molecule has 0 bridgehead atoms. The second-order valence-corrected chi connectivity index (χ2v) is 6.01. The van der Waals surface area contributed by atoms with E-state index in [2.05, 4.69) is 10.6 Å². The highest BCUT2D eigenvalue weighted by atomic mass is 35.5. The first-order valence-corrected chi connectivity index (χ1v) is 8.20. The van der Waals surface area contributed by atoms with Crippen molar-refractivity contribution in [3.05, 3.63) is 59.2 Å². The van der Waals surface area contributed by atoms with Crippen LogP contribution >= 0.6 is 12.4 Å². The molecule has 0 aromatic heterocycles. The summed E-state index contributed by atoms with van der Waals surface area (Å²) in [5.41, 5.74) is 7.86. The molecular weight excluding hydrogens is 354 g/mol. The Bertz CT molecular complexity index is 789. The molecule has 2 amide bonds. The number of halogens is 1. The SMILES string of the molecule is COc1ccc(NC(=O)c2ccc(CN)cc2)c(C(=O)NC2CC2)c1.Cl. The van der Waals surface area contributed by atoms with Crippen molar-refractivity contribution in [2.75, 3.05) is 12.4 Å². The smallest absolute Gasteiger partial charge is 0.255 e. The minimum Gasteiger partial charge on any atom is -0.497 e. The van der Waals surface area contributed by atoms with Gasteiger partial charge in [-0.1, -0.05) is 12.1 Å². The molecule has 0 atom stereocenters. The molecule has 138 valence electrons. The predicted octanol–water partition coefficient (Wildman–Crippen LogP) is 2.72. The summed E-state index contributed by atoms with van der Waals surface area (Å²) in [6.07, 6.45) is 1.98. The number of ether oxygens (including phenoxy) is 1. The maximum absolute atomic E-state index is 12.5. The molecule has 1 aliphatic carbocycles. The van der Waals surface area contributed by atoms with Crippen LogP contribution in [0.3, 0.4) is 0 Å².